The maximum atomic E-state index is 13.3. The second-order valence-electron chi connectivity index (χ2n) is 6.36. The summed E-state index contributed by atoms with van der Waals surface area (Å²) in [6.07, 6.45) is 2.64. The van der Waals surface area contributed by atoms with Gasteiger partial charge in [0.1, 0.15) is 5.82 Å². The summed E-state index contributed by atoms with van der Waals surface area (Å²) in [6.45, 7) is 1.36. The molecule has 128 valence electrons. The van der Waals surface area contributed by atoms with E-state index in [-0.39, 0.29) is 0 Å². The number of halogens is 1. The lowest BCUT2D eigenvalue weighted by Crippen LogP contribution is -2.53. The lowest BCUT2D eigenvalue weighted by atomic mass is 9.63. The highest BCUT2D eigenvalue weighted by Crippen LogP contribution is 2.48. The standard InChI is InChI=1S/C17H19FN2O4/c1-22-15(21)13(8-19)17(14-3-2-12(18)9-20-14)5-7-24-16(10-17)4-6-23-11-16/h2-3,9,13H,4-7,10-11H2,1H3. The van der Waals surface area contributed by atoms with Gasteiger partial charge in [-0.2, -0.15) is 5.26 Å². The first-order valence-corrected chi connectivity index (χ1v) is 7.86. The van der Waals surface area contributed by atoms with Crippen molar-refractivity contribution < 1.29 is 23.4 Å². The maximum Gasteiger partial charge on any atom is 0.324 e. The number of aromatic nitrogens is 1. The number of carbonyl (C=O) groups excluding carboxylic acids is 1. The second-order valence-corrected chi connectivity index (χ2v) is 6.36. The zero-order valence-corrected chi connectivity index (χ0v) is 13.5. The zero-order chi connectivity index (χ0) is 17.2. The number of nitrogens with zero attached hydrogens (tertiary/aromatic N) is 2. The third kappa shape index (κ3) is 2.76. The van der Waals surface area contributed by atoms with Crippen LogP contribution < -0.4 is 0 Å². The van der Waals surface area contributed by atoms with Crippen LogP contribution in [-0.4, -0.2) is 43.5 Å². The highest BCUT2D eigenvalue weighted by atomic mass is 19.1. The molecule has 2 fully saturated rings. The average Bonchev–Trinajstić information content (AvgIpc) is 3.03. The Bertz CT molecular complexity index is 652. The van der Waals surface area contributed by atoms with Gasteiger partial charge in [0.2, 0.25) is 0 Å². The average molecular weight is 334 g/mol. The van der Waals surface area contributed by atoms with Crippen molar-refractivity contribution in [3.63, 3.8) is 0 Å². The minimum absolute atomic E-state index is 0.373. The van der Waals surface area contributed by atoms with E-state index in [2.05, 4.69) is 11.1 Å². The topological polar surface area (TPSA) is 81.4 Å². The van der Waals surface area contributed by atoms with Crippen LogP contribution in [0.25, 0.3) is 0 Å². The monoisotopic (exact) mass is 334 g/mol. The Morgan fingerprint density at radius 3 is 2.88 bits per heavy atom. The fourth-order valence-electron chi connectivity index (χ4n) is 3.81. The van der Waals surface area contributed by atoms with E-state index >= 15 is 0 Å². The van der Waals surface area contributed by atoms with Gasteiger partial charge in [0.15, 0.2) is 5.92 Å². The van der Waals surface area contributed by atoms with Gasteiger partial charge in [0.05, 0.1) is 31.6 Å². The second kappa shape index (κ2) is 6.46. The normalized spacial score (nSPS) is 30.7. The van der Waals surface area contributed by atoms with Crippen molar-refractivity contribution in [2.45, 2.75) is 30.3 Å². The summed E-state index contributed by atoms with van der Waals surface area (Å²) in [5, 5.41) is 9.67. The Kier molecular flexibility index (Phi) is 4.52. The molecule has 3 rings (SSSR count). The van der Waals surface area contributed by atoms with Crippen molar-refractivity contribution in [1.29, 1.82) is 5.26 Å². The predicted octanol–water partition coefficient (Wildman–Crippen LogP) is 1.74. The number of hydrogen-bond acceptors (Lipinski definition) is 6. The molecule has 0 saturated carbocycles. The summed E-state index contributed by atoms with van der Waals surface area (Å²) < 4.78 is 29.6. The van der Waals surface area contributed by atoms with Crippen LogP contribution in [0.3, 0.4) is 0 Å². The van der Waals surface area contributed by atoms with Gasteiger partial charge in [-0.3, -0.25) is 9.78 Å². The molecule has 0 amide bonds. The molecular formula is C17H19FN2O4. The lowest BCUT2D eigenvalue weighted by molar-refractivity contribution is -0.153. The molecular weight excluding hydrogens is 315 g/mol. The summed E-state index contributed by atoms with van der Waals surface area (Å²) in [6, 6.07) is 4.91. The minimum Gasteiger partial charge on any atom is -0.468 e. The summed E-state index contributed by atoms with van der Waals surface area (Å²) in [5.74, 6) is -2.12. The van der Waals surface area contributed by atoms with Gasteiger partial charge < -0.3 is 14.2 Å². The van der Waals surface area contributed by atoms with Crippen LogP contribution in [0.15, 0.2) is 18.3 Å². The Morgan fingerprint density at radius 2 is 2.29 bits per heavy atom. The Morgan fingerprint density at radius 1 is 1.46 bits per heavy atom. The number of carbonyl (C=O) groups is 1. The third-order valence-corrected chi connectivity index (χ3v) is 5.02. The first kappa shape index (κ1) is 16.8. The molecule has 6 nitrogen and oxygen atoms in total. The van der Waals surface area contributed by atoms with Gasteiger partial charge in [-0.25, -0.2) is 4.39 Å². The van der Waals surface area contributed by atoms with Crippen LogP contribution in [0, 0.1) is 23.1 Å². The largest absolute Gasteiger partial charge is 0.468 e. The van der Waals surface area contributed by atoms with E-state index in [4.69, 9.17) is 14.2 Å². The number of hydrogen-bond donors (Lipinski definition) is 0. The molecule has 2 aliphatic rings. The molecule has 2 aliphatic heterocycles. The summed E-state index contributed by atoms with van der Waals surface area (Å²) in [4.78, 5) is 16.5. The van der Waals surface area contributed by atoms with Gasteiger partial charge in [-0.1, -0.05) is 0 Å². The van der Waals surface area contributed by atoms with Crippen LogP contribution >= 0.6 is 0 Å². The Balaban J connectivity index is 2.08. The summed E-state index contributed by atoms with van der Waals surface area (Å²) >= 11 is 0. The molecule has 1 aromatic heterocycles. The fourth-order valence-corrected chi connectivity index (χ4v) is 3.81. The number of ether oxygens (including phenoxy) is 3. The molecule has 0 aliphatic carbocycles. The Labute approximate surface area is 139 Å². The van der Waals surface area contributed by atoms with Crippen molar-refractivity contribution in [2.75, 3.05) is 26.9 Å². The highest BCUT2D eigenvalue weighted by Gasteiger charge is 2.55. The van der Waals surface area contributed by atoms with Gasteiger partial charge in [0, 0.05) is 30.7 Å². The van der Waals surface area contributed by atoms with Gasteiger partial charge in [-0.05, 0) is 25.0 Å². The molecule has 3 heterocycles. The first-order valence-electron chi connectivity index (χ1n) is 7.86. The van der Waals surface area contributed by atoms with Crippen molar-refractivity contribution in [3.8, 4) is 6.07 Å². The molecule has 1 spiro atoms. The van der Waals surface area contributed by atoms with E-state index in [0.717, 1.165) is 6.20 Å². The number of esters is 1. The van der Waals surface area contributed by atoms with Gasteiger partial charge in [-0.15, -0.1) is 0 Å². The predicted molar refractivity (Wildman–Crippen MR) is 80.3 cm³/mol. The summed E-state index contributed by atoms with van der Waals surface area (Å²) in [7, 11) is 1.26. The third-order valence-electron chi connectivity index (χ3n) is 5.02. The van der Waals surface area contributed by atoms with E-state index in [0.29, 0.717) is 44.8 Å². The zero-order valence-electron chi connectivity index (χ0n) is 13.5. The maximum absolute atomic E-state index is 13.3. The molecule has 0 N–H and O–H groups in total. The number of pyridine rings is 1. The molecule has 24 heavy (non-hydrogen) atoms. The Hall–Kier alpha value is -2.04. The minimum atomic E-state index is -1.04. The number of rotatable bonds is 3. The van der Waals surface area contributed by atoms with E-state index in [9.17, 15) is 14.4 Å². The molecule has 1 aromatic rings. The molecule has 2 saturated heterocycles. The molecule has 0 radical (unpaired) electrons. The fraction of sp³-hybridized carbons (Fsp3) is 0.588. The van der Waals surface area contributed by atoms with Gasteiger partial charge in [0.25, 0.3) is 0 Å². The quantitative estimate of drug-likeness (QED) is 0.783. The smallest absolute Gasteiger partial charge is 0.324 e. The molecule has 0 aromatic carbocycles. The van der Waals surface area contributed by atoms with E-state index < -0.39 is 28.7 Å². The van der Waals surface area contributed by atoms with Crippen LogP contribution in [0.1, 0.15) is 25.0 Å². The van der Waals surface area contributed by atoms with Crippen LogP contribution in [-0.2, 0) is 24.4 Å². The molecule has 0 bridgehead atoms. The SMILES string of the molecule is COC(=O)C(C#N)C1(c2ccc(F)cn2)CCOC2(CCOC2)C1. The van der Waals surface area contributed by atoms with E-state index in [1.807, 2.05) is 0 Å². The lowest BCUT2D eigenvalue weighted by Gasteiger charge is -2.46. The highest BCUT2D eigenvalue weighted by molar-refractivity contribution is 5.77. The van der Waals surface area contributed by atoms with Crippen molar-refractivity contribution in [2.24, 2.45) is 5.92 Å². The molecule has 7 heteroatoms. The van der Waals surface area contributed by atoms with Crippen molar-refractivity contribution >= 4 is 5.97 Å². The first-order chi connectivity index (χ1) is 11.6. The molecule has 3 atom stereocenters. The number of nitriles is 1. The van der Waals surface area contributed by atoms with Gasteiger partial charge >= 0.3 is 5.97 Å². The van der Waals surface area contributed by atoms with E-state index in [1.165, 1.54) is 19.2 Å². The van der Waals surface area contributed by atoms with Crippen LogP contribution in [0.2, 0.25) is 0 Å². The van der Waals surface area contributed by atoms with Crippen molar-refractivity contribution in [1.82, 2.24) is 4.98 Å². The van der Waals surface area contributed by atoms with Crippen LogP contribution in [0.4, 0.5) is 4.39 Å². The van der Waals surface area contributed by atoms with Crippen molar-refractivity contribution in [3.05, 3.63) is 29.8 Å². The number of methoxy groups -OCH3 is 1. The molecule has 3 unspecified atom stereocenters. The van der Waals surface area contributed by atoms with Crippen LogP contribution in [0.5, 0.6) is 0 Å². The van der Waals surface area contributed by atoms with E-state index in [1.54, 1.807) is 0 Å². The summed E-state index contributed by atoms with van der Waals surface area (Å²) in [5.41, 5.74) is -0.922.